The van der Waals surface area contributed by atoms with Crippen molar-refractivity contribution in [2.45, 2.75) is 13.3 Å². The summed E-state index contributed by atoms with van der Waals surface area (Å²) in [5.41, 5.74) is 2.40. The molecule has 1 aromatic rings. The van der Waals surface area contributed by atoms with Crippen LogP contribution in [0.1, 0.15) is 13.3 Å². The zero-order valence-electron chi connectivity index (χ0n) is 11.4. The van der Waals surface area contributed by atoms with Crippen molar-refractivity contribution in [3.63, 3.8) is 0 Å². The number of hydrogen-bond donors (Lipinski definition) is 3. The predicted octanol–water partition coefficient (Wildman–Crippen LogP) is -0.0805. The Bertz CT molecular complexity index is 392. The fourth-order valence-electron chi connectivity index (χ4n) is 2.19. The van der Waals surface area contributed by atoms with E-state index < -0.39 is 0 Å². The first-order chi connectivity index (χ1) is 9.25. The highest BCUT2D eigenvalue weighted by Crippen LogP contribution is 2.16. The Balaban J connectivity index is 1.92. The summed E-state index contributed by atoms with van der Waals surface area (Å²) in [6.45, 7) is 6.42. The fraction of sp³-hybridized carbons (Fsp3) is 0.727. The molecule has 8 heteroatoms. The Morgan fingerprint density at radius 1 is 1.37 bits per heavy atom. The molecule has 1 aliphatic heterocycles. The van der Waals surface area contributed by atoms with Crippen LogP contribution >= 0.6 is 0 Å². The molecular weight excluding hydrogens is 246 g/mol. The van der Waals surface area contributed by atoms with E-state index in [0.29, 0.717) is 11.9 Å². The van der Waals surface area contributed by atoms with Crippen LogP contribution in [0.4, 0.5) is 11.9 Å². The van der Waals surface area contributed by atoms with Gasteiger partial charge < -0.3 is 15.0 Å². The van der Waals surface area contributed by atoms with Gasteiger partial charge in [-0.25, -0.2) is 5.84 Å². The van der Waals surface area contributed by atoms with Gasteiger partial charge in [-0.2, -0.15) is 15.0 Å². The molecule has 2 heterocycles. The van der Waals surface area contributed by atoms with Crippen molar-refractivity contribution in [3.8, 4) is 6.01 Å². The number of nitrogens with two attached hydrogens (primary N) is 1. The molecule has 1 atom stereocenters. The van der Waals surface area contributed by atoms with Gasteiger partial charge >= 0.3 is 6.01 Å². The predicted molar refractivity (Wildman–Crippen MR) is 72.9 cm³/mol. The Hall–Kier alpha value is -1.67. The van der Waals surface area contributed by atoms with E-state index in [-0.39, 0.29) is 12.0 Å². The molecule has 0 spiro atoms. The van der Waals surface area contributed by atoms with Crippen LogP contribution in [-0.4, -0.2) is 53.1 Å². The van der Waals surface area contributed by atoms with Crippen molar-refractivity contribution in [3.05, 3.63) is 0 Å². The third-order valence-corrected chi connectivity index (χ3v) is 3.29. The molecule has 0 amide bonds. The lowest BCUT2D eigenvalue weighted by Gasteiger charge is -2.14. The molecule has 0 aromatic carbocycles. The Kier molecular flexibility index (Phi) is 4.69. The first-order valence-electron chi connectivity index (χ1n) is 6.48. The molecule has 0 radical (unpaired) electrons. The van der Waals surface area contributed by atoms with E-state index in [2.05, 4.69) is 37.5 Å². The largest absolute Gasteiger partial charge is 0.467 e. The quantitative estimate of drug-likeness (QED) is 0.486. The number of nitrogens with one attached hydrogen (secondary N) is 2. The van der Waals surface area contributed by atoms with Crippen LogP contribution in [0.15, 0.2) is 0 Å². The first-order valence-corrected chi connectivity index (χ1v) is 6.48. The Morgan fingerprint density at radius 3 is 2.79 bits per heavy atom. The summed E-state index contributed by atoms with van der Waals surface area (Å²) in [6, 6.07) is 0.243. The van der Waals surface area contributed by atoms with Gasteiger partial charge in [-0.3, -0.25) is 5.43 Å². The number of aromatic nitrogens is 3. The summed E-state index contributed by atoms with van der Waals surface area (Å²) in [5, 5.41) is 3.22. The van der Waals surface area contributed by atoms with Crippen molar-refractivity contribution < 1.29 is 4.74 Å². The molecule has 0 saturated carbocycles. The first kappa shape index (κ1) is 13.8. The third-order valence-electron chi connectivity index (χ3n) is 3.29. The minimum absolute atomic E-state index is 0.243. The smallest absolute Gasteiger partial charge is 0.322 e. The molecule has 1 aliphatic rings. The van der Waals surface area contributed by atoms with Crippen LogP contribution in [0.25, 0.3) is 0 Å². The highest BCUT2D eigenvalue weighted by atomic mass is 16.5. The molecule has 1 aromatic heterocycles. The molecule has 4 N–H and O–H groups in total. The molecule has 19 heavy (non-hydrogen) atoms. The van der Waals surface area contributed by atoms with Crippen molar-refractivity contribution in [1.82, 2.24) is 19.9 Å². The number of anilines is 2. The van der Waals surface area contributed by atoms with Gasteiger partial charge in [0.15, 0.2) is 0 Å². The summed E-state index contributed by atoms with van der Waals surface area (Å²) in [6.07, 6.45) is 1.20. The molecule has 1 saturated heterocycles. The van der Waals surface area contributed by atoms with Gasteiger partial charge in [-0.05, 0) is 25.4 Å². The van der Waals surface area contributed by atoms with Crippen molar-refractivity contribution >= 4 is 11.9 Å². The van der Waals surface area contributed by atoms with Crippen molar-refractivity contribution in [1.29, 1.82) is 0 Å². The van der Waals surface area contributed by atoms with Gasteiger partial charge in [-0.15, -0.1) is 0 Å². The molecule has 2 rings (SSSR count). The summed E-state index contributed by atoms with van der Waals surface area (Å²) < 4.78 is 5.00. The maximum atomic E-state index is 5.30. The van der Waals surface area contributed by atoms with Crippen molar-refractivity contribution in [2.24, 2.45) is 11.8 Å². The lowest BCUT2D eigenvalue weighted by molar-refractivity contribution is 0.344. The molecular formula is C11H21N7O. The van der Waals surface area contributed by atoms with E-state index in [9.17, 15) is 0 Å². The maximum absolute atomic E-state index is 5.30. The molecule has 8 nitrogen and oxygen atoms in total. The van der Waals surface area contributed by atoms with Crippen LogP contribution in [0.3, 0.4) is 0 Å². The van der Waals surface area contributed by atoms with E-state index in [0.717, 1.165) is 19.6 Å². The van der Waals surface area contributed by atoms with Crippen LogP contribution < -0.4 is 21.3 Å². The Morgan fingerprint density at radius 2 is 2.16 bits per heavy atom. The monoisotopic (exact) mass is 267 g/mol. The van der Waals surface area contributed by atoms with E-state index in [1.807, 2.05) is 0 Å². The second-order valence-corrected chi connectivity index (χ2v) is 4.54. The average Bonchev–Trinajstić information content (AvgIpc) is 2.92. The average molecular weight is 267 g/mol. The SMILES string of the molecule is CCN1CCC(CNc2nc(NN)nc(OC)n2)C1. The minimum atomic E-state index is 0.243. The number of hydrogen-bond acceptors (Lipinski definition) is 8. The third kappa shape index (κ3) is 3.65. The van der Waals surface area contributed by atoms with Crippen LogP contribution in [-0.2, 0) is 0 Å². The Labute approximate surface area is 112 Å². The summed E-state index contributed by atoms with van der Waals surface area (Å²) in [4.78, 5) is 14.7. The van der Waals surface area contributed by atoms with E-state index >= 15 is 0 Å². The lowest BCUT2D eigenvalue weighted by Crippen LogP contribution is -2.23. The number of methoxy groups -OCH3 is 1. The van der Waals surface area contributed by atoms with Gasteiger partial charge in [0.2, 0.25) is 11.9 Å². The van der Waals surface area contributed by atoms with E-state index in [1.165, 1.54) is 20.1 Å². The van der Waals surface area contributed by atoms with Gasteiger partial charge in [0.25, 0.3) is 0 Å². The normalized spacial score (nSPS) is 19.4. The standard InChI is InChI=1S/C11H21N7O/c1-3-18-5-4-8(7-18)6-13-9-14-10(17-12)16-11(15-9)19-2/h8H,3-7,12H2,1-2H3,(H2,13,14,15,16,17). The van der Waals surface area contributed by atoms with Gasteiger partial charge in [0.1, 0.15) is 0 Å². The fourth-order valence-corrected chi connectivity index (χ4v) is 2.19. The van der Waals surface area contributed by atoms with Crippen molar-refractivity contribution in [2.75, 3.05) is 44.0 Å². The number of likely N-dealkylation sites (tertiary alicyclic amines) is 1. The number of nitrogens with zero attached hydrogens (tertiary/aromatic N) is 4. The summed E-state index contributed by atoms with van der Waals surface area (Å²) in [5.74, 6) is 6.70. The van der Waals surface area contributed by atoms with Gasteiger partial charge in [0, 0.05) is 13.1 Å². The maximum Gasteiger partial charge on any atom is 0.322 e. The minimum Gasteiger partial charge on any atom is -0.467 e. The summed E-state index contributed by atoms with van der Waals surface area (Å²) in [7, 11) is 1.51. The van der Waals surface area contributed by atoms with E-state index in [1.54, 1.807) is 0 Å². The number of ether oxygens (including phenoxy) is 1. The number of hydrazine groups is 1. The zero-order valence-corrected chi connectivity index (χ0v) is 11.4. The highest BCUT2D eigenvalue weighted by Gasteiger charge is 2.21. The zero-order chi connectivity index (χ0) is 13.7. The number of rotatable bonds is 6. The number of nitrogen functional groups attached to an aromatic ring is 1. The molecule has 1 unspecified atom stereocenters. The summed E-state index contributed by atoms with van der Waals surface area (Å²) >= 11 is 0. The lowest BCUT2D eigenvalue weighted by atomic mass is 10.1. The van der Waals surface area contributed by atoms with Crippen LogP contribution in [0, 0.1) is 5.92 Å². The van der Waals surface area contributed by atoms with Crippen LogP contribution in [0.5, 0.6) is 6.01 Å². The van der Waals surface area contributed by atoms with Gasteiger partial charge in [0.05, 0.1) is 7.11 Å². The molecule has 106 valence electrons. The van der Waals surface area contributed by atoms with Gasteiger partial charge in [-0.1, -0.05) is 6.92 Å². The topological polar surface area (TPSA) is 101 Å². The molecule has 0 aliphatic carbocycles. The second-order valence-electron chi connectivity index (χ2n) is 4.54. The molecule has 0 bridgehead atoms. The molecule has 1 fully saturated rings. The van der Waals surface area contributed by atoms with E-state index in [4.69, 9.17) is 10.6 Å². The highest BCUT2D eigenvalue weighted by molar-refractivity contribution is 5.34. The van der Waals surface area contributed by atoms with Crippen LogP contribution in [0.2, 0.25) is 0 Å². The second kappa shape index (κ2) is 6.48.